The molecule has 1 aliphatic heterocycles. The second-order valence-electron chi connectivity index (χ2n) is 4.27. The van der Waals surface area contributed by atoms with Crippen LogP contribution in [0.4, 0.5) is 0 Å². The number of rotatable bonds is 8. The summed E-state index contributed by atoms with van der Waals surface area (Å²) in [5.74, 6) is -3.17. The quantitative estimate of drug-likeness (QED) is 0.292. The zero-order valence-corrected chi connectivity index (χ0v) is 10.3. The molecule has 0 aromatic rings. The molecule has 19 heavy (non-hydrogen) atoms. The first-order valence-corrected chi connectivity index (χ1v) is 5.95. The standard InChI is InChI=1S/C11H18N2O6/c12-6(10(16)17)3-1-2-4-13-5-7-8(14)9(15)11(18)19-7/h6-7,13-15H,1-5,12H2,(H,16,17)/t6?,7-/m1/s1. The summed E-state index contributed by atoms with van der Waals surface area (Å²) in [6, 6.07) is -0.847. The number of nitrogens with two attached hydrogens (primary N) is 1. The van der Waals surface area contributed by atoms with Gasteiger partial charge in [0.25, 0.3) is 0 Å². The molecule has 0 bridgehead atoms. The normalized spacial score (nSPS) is 20.5. The molecular formula is C11H18N2O6. The first kappa shape index (κ1) is 15.3. The van der Waals surface area contributed by atoms with E-state index < -0.39 is 35.6 Å². The second kappa shape index (κ2) is 6.95. The van der Waals surface area contributed by atoms with Crippen LogP contribution in [0.5, 0.6) is 0 Å². The van der Waals surface area contributed by atoms with Crippen molar-refractivity contribution in [3.63, 3.8) is 0 Å². The van der Waals surface area contributed by atoms with E-state index in [-0.39, 0.29) is 6.54 Å². The van der Waals surface area contributed by atoms with E-state index in [0.29, 0.717) is 25.8 Å². The number of esters is 1. The number of unbranched alkanes of at least 4 members (excludes halogenated alkanes) is 1. The monoisotopic (exact) mass is 274 g/mol. The van der Waals surface area contributed by atoms with Gasteiger partial charge >= 0.3 is 11.9 Å². The number of aliphatic carboxylic acids is 1. The Morgan fingerprint density at radius 3 is 2.63 bits per heavy atom. The molecule has 6 N–H and O–H groups in total. The molecule has 0 aromatic heterocycles. The van der Waals surface area contributed by atoms with E-state index in [2.05, 4.69) is 10.1 Å². The molecule has 0 aromatic carbocycles. The Labute approximate surface area is 109 Å². The number of aliphatic hydroxyl groups is 2. The van der Waals surface area contributed by atoms with E-state index in [1.807, 2.05) is 0 Å². The lowest BCUT2D eigenvalue weighted by Crippen LogP contribution is -2.31. The minimum Gasteiger partial charge on any atom is -0.505 e. The molecule has 8 heteroatoms. The maximum Gasteiger partial charge on any atom is 0.377 e. The molecule has 1 unspecified atom stereocenters. The van der Waals surface area contributed by atoms with Gasteiger partial charge in [-0.1, -0.05) is 6.42 Å². The van der Waals surface area contributed by atoms with E-state index in [0.717, 1.165) is 0 Å². The SMILES string of the molecule is NC(CCCCNC[C@H]1OC(=O)C(O)=C1O)C(=O)O. The van der Waals surface area contributed by atoms with Crippen LogP contribution < -0.4 is 11.1 Å². The Kier molecular flexibility index (Phi) is 5.58. The maximum absolute atomic E-state index is 10.9. The summed E-state index contributed by atoms with van der Waals surface area (Å²) in [5.41, 5.74) is 5.34. The third-order valence-corrected chi connectivity index (χ3v) is 2.76. The summed E-state index contributed by atoms with van der Waals surface area (Å²) in [5, 5.41) is 29.9. The first-order chi connectivity index (χ1) is 8.93. The van der Waals surface area contributed by atoms with Crippen LogP contribution >= 0.6 is 0 Å². The largest absolute Gasteiger partial charge is 0.505 e. The lowest BCUT2D eigenvalue weighted by molar-refractivity contribution is -0.142. The van der Waals surface area contributed by atoms with Crippen molar-refractivity contribution in [2.45, 2.75) is 31.4 Å². The van der Waals surface area contributed by atoms with E-state index in [9.17, 15) is 14.7 Å². The van der Waals surface area contributed by atoms with E-state index in [1.165, 1.54) is 0 Å². The van der Waals surface area contributed by atoms with Crippen molar-refractivity contribution in [2.24, 2.45) is 5.73 Å². The lowest BCUT2D eigenvalue weighted by atomic mass is 10.1. The zero-order valence-electron chi connectivity index (χ0n) is 10.3. The van der Waals surface area contributed by atoms with E-state index in [1.54, 1.807) is 0 Å². The Balaban J connectivity index is 2.09. The van der Waals surface area contributed by atoms with Crippen LogP contribution in [0.3, 0.4) is 0 Å². The molecular weight excluding hydrogens is 256 g/mol. The molecule has 0 aliphatic carbocycles. The van der Waals surface area contributed by atoms with Gasteiger partial charge in [-0.2, -0.15) is 0 Å². The van der Waals surface area contributed by atoms with Crippen molar-refractivity contribution in [1.29, 1.82) is 0 Å². The average molecular weight is 274 g/mol. The van der Waals surface area contributed by atoms with Crippen LogP contribution in [0.2, 0.25) is 0 Å². The Hall–Kier alpha value is -1.80. The van der Waals surface area contributed by atoms with Gasteiger partial charge in [0.05, 0.1) is 0 Å². The summed E-state index contributed by atoms with van der Waals surface area (Å²) in [6.45, 7) is 0.751. The number of ether oxygens (including phenoxy) is 1. The number of hydrogen-bond acceptors (Lipinski definition) is 7. The molecule has 8 nitrogen and oxygen atoms in total. The van der Waals surface area contributed by atoms with Crippen molar-refractivity contribution in [3.8, 4) is 0 Å². The molecule has 1 aliphatic rings. The highest BCUT2D eigenvalue weighted by atomic mass is 16.6. The molecule has 0 saturated heterocycles. The second-order valence-corrected chi connectivity index (χ2v) is 4.27. The summed E-state index contributed by atoms with van der Waals surface area (Å²) in [7, 11) is 0. The molecule has 0 radical (unpaired) electrons. The molecule has 1 rings (SSSR count). The van der Waals surface area contributed by atoms with Crippen LogP contribution in [-0.2, 0) is 14.3 Å². The highest BCUT2D eigenvalue weighted by molar-refractivity contribution is 5.89. The summed E-state index contributed by atoms with van der Waals surface area (Å²) in [4.78, 5) is 21.3. The van der Waals surface area contributed by atoms with Gasteiger partial charge in [-0.25, -0.2) is 4.79 Å². The third kappa shape index (κ3) is 4.42. The molecule has 0 saturated carbocycles. The maximum atomic E-state index is 10.9. The van der Waals surface area contributed by atoms with Crippen LogP contribution in [-0.4, -0.2) is 52.5 Å². The van der Waals surface area contributed by atoms with Gasteiger partial charge in [0.1, 0.15) is 6.04 Å². The van der Waals surface area contributed by atoms with Crippen molar-refractivity contribution in [3.05, 3.63) is 11.5 Å². The minimum atomic E-state index is -1.02. The highest BCUT2D eigenvalue weighted by Crippen LogP contribution is 2.17. The number of carbonyl (C=O) groups is 2. The van der Waals surface area contributed by atoms with Gasteiger partial charge in [-0.05, 0) is 19.4 Å². The summed E-state index contributed by atoms with van der Waals surface area (Å²) < 4.78 is 4.69. The average Bonchev–Trinajstić information content (AvgIpc) is 2.60. The van der Waals surface area contributed by atoms with Gasteiger partial charge in [-0.15, -0.1) is 0 Å². The fraction of sp³-hybridized carbons (Fsp3) is 0.636. The van der Waals surface area contributed by atoms with Gasteiger partial charge in [0.2, 0.25) is 5.76 Å². The van der Waals surface area contributed by atoms with Crippen molar-refractivity contribution in [1.82, 2.24) is 5.32 Å². The number of carboxylic acid groups (broad SMARTS) is 1. The number of carboxylic acids is 1. The number of nitrogens with one attached hydrogen (secondary N) is 1. The van der Waals surface area contributed by atoms with Crippen molar-refractivity contribution in [2.75, 3.05) is 13.1 Å². The van der Waals surface area contributed by atoms with Crippen LogP contribution in [0.15, 0.2) is 11.5 Å². The predicted molar refractivity (Wildman–Crippen MR) is 64.5 cm³/mol. The smallest absolute Gasteiger partial charge is 0.377 e. The molecule has 0 spiro atoms. The molecule has 2 atom stereocenters. The van der Waals surface area contributed by atoms with Crippen LogP contribution in [0.25, 0.3) is 0 Å². The van der Waals surface area contributed by atoms with Gasteiger partial charge in [0.15, 0.2) is 11.9 Å². The Bertz CT molecular complexity index is 381. The fourth-order valence-corrected chi connectivity index (χ4v) is 1.61. The molecule has 0 amide bonds. The lowest BCUT2D eigenvalue weighted by Gasteiger charge is -2.11. The van der Waals surface area contributed by atoms with Crippen LogP contribution in [0, 0.1) is 0 Å². The topological polar surface area (TPSA) is 142 Å². The van der Waals surface area contributed by atoms with E-state index in [4.69, 9.17) is 15.9 Å². The molecule has 108 valence electrons. The van der Waals surface area contributed by atoms with E-state index >= 15 is 0 Å². The summed E-state index contributed by atoms with van der Waals surface area (Å²) >= 11 is 0. The first-order valence-electron chi connectivity index (χ1n) is 5.95. The van der Waals surface area contributed by atoms with Crippen LogP contribution in [0.1, 0.15) is 19.3 Å². The number of aliphatic hydroxyl groups excluding tert-OH is 2. The highest BCUT2D eigenvalue weighted by Gasteiger charge is 2.33. The Morgan fingerprint density at radius 2 is 2.11 bits per heavy atom. The van der Waals surface area contributed by atoms with Gasteiger partial charge in [-0.3, -0.25) is 4.79 Å². The van der Waals surface area contributed by atoms with Crippen molar-refractivity contribution < 1.29 is 29.6 Å². The third-order valence-electron chi connectivity index (χ3n) is 2.76. The number of carbonyl (C=O) groups excluding carboxylic acids is 1. The summed E-state index contributed by atoms with van der Waals surface area (Å²) in [6.07, 6.45) is 0.881. The zero-order chi connectivity index (χ0) is 14.4. The molecule has 0 fully saturated rings. The predicted octanol–water partition coefficient (Wildman–Crippen LogP) is -0.589. The fourth-order valence-electron chi connectivity index (χ4n) is 1.61. The van der Waals surface area contributed by atoms with Gasteiger partial charge < -0.3 is 31.1 Å². The van der Waals surface area contributed by atoms with Crippen molar-refractivity contribution >= 4 is 11.9 Å². The number of hydrogen-bond donors (Lipinski definition) is 5. The molecule has 1 heterocycles. The Morgan fingerprint density at radius 1 is 1.42 bits per heavy atom. The number of cyclic esters (lactones) is 1. The van der Waals surface area contributed by atoms with Gasteiger partial charge in [0, 0.05) is 6.54 Å². The minimum absolute atomic E-state index is 0.187.